The summed E-state index contributed by atoms with van der Waals surface area (Å²) in [6.45, 7) is 3.13. The third kappa shape index (κ3) is 1.89. The first-order valence-corrected chi connectivity index (χ1v) is 4.72. The molecule has 0 bridgehead atoms. The first-order valence-electron chi connectivity index (χ1n) is 4.72. The molecule has 0 aromatic heterocycles. The Kier molecular flexibility index (Phi) is 2.30. The Morgan fingerprint density at radius 1 is 1.31 bits per heavy atom. The summed E-state index contributed by atoms with van der Waals surface area (Å²) in [6.07, 6.45) is 1.14. The van der Waals surface area contributed by atoms with Crippen molar-refractivity contribution < 1.29 is 0 Å². The van der Waals surface area contributed by atoms with Gasteiger partial charge in [0.05, 0.1) is 0 Å². The Labute approximate surface area is 78.7 Å². The molecule has 13 heavy (non-hydrogen) atoms. The average molecular weight is 174 g/mol. The monoisotopic (exact) mass is 174 g/mol. The van der Waals surface area contributed by atoms with Crippen molar-refractivity contribution in [2.45, 2.75) is 19.4 Å². The molecule has 1 aliphatic heterocycles. The number of amidine groups is 1. The standard InChI is InChI=1S/C11H14N2/c1-9-7-8-12-11(13-9)10-5-3-2-4-6-10/h2-6,9H,7-8H2,1H3,(H,12,13)/t9-/m0/s1. The van der Waals surface area contributed by atoms with Crippen LogP contribution in [0.15, 0.2) is 35.3 Å². The van der Waals surface area contributed by atoms with E-state index in [2.05, 4.69) is 29.4 Å². The van der Waals surface area contributed by atoms with Crippen molar-refractivity contribution in [3.8, 4) is 0 Å². The zero-order valence-corrected chi connectivity index (χ0v) is 7.83. The van der Waals surface area contributed by atoms with Crippen LogP contribution in [-0.4, -0.2) is 18.4 Å². The summed E-state index contributed by atoms with van der Waals surface area (Å²) in [5.41, 5.74) is 1.19. The zero-order chi connectivity index (χ0) is 9.10. The predicted molar refractivity (Wildman–Crippen MR) is 55.1 cm³/mol. The van der Waals surface area contributed by atoms with Gasteiger partial charge in [-0.15, -0.1) is 0 Å². The average Bonchev–Trinajstić information content (AvgIpc) is 2.19. The van der Waals surface area contributed by atoms with Crippen molar-refractivity contribution in [3.63, 3.8) is 0 Å². The van der Waals surface area contributed by atoms with Crippen LogP contribution in [0.3, 0.4) is 0 Å². The van der Waals surface area contributed by atoms with Gasteiger partial charge in [0.2, 0.25) is 0 Å². The third-order valence-corrected chi connectivity index (χ3v) is 2.26. The summed E-state index contributed by atoms with van der Waals surface area (Å²) in [5.74, 6) is 1.04. The van der Waals surface area contributed by atoms with Crippen LogP contribution < -0.4 is 5.32 Å². The number of nitrogens with one attached hydrogen (secondary N) is 1. The molecule has 0 fully saturated rings. The minimum absolute atomic E-state index is 0.549. The first kappa shape index (κ1) is 8.30. The molecule has 0 spiro atoms. The molecule has 0 aliphatic carbocycles. The molecule has 1 atom stereocenters. The fourth-order valence-corrected chi connectivity index (χ4v) is 1.49. The minimum atomic E-state index is 0.549. The van der Waals surface area contributed by atoms with Crippen LogP contribution in [0.2, 0.25) is 0 Å². The fraction of sp³-hybridized carbons (Fsp3) is 0.364. The molecule has 68 valence electrons. The molecule has 1 aliphatic rings. The highest BCUT2D eigenvalue weighted by atomic mass is 15.0. The van der Waals surface area contributed by atoms with E-state index in [0.717, 1.165) is 18.8 Å². The second kappa shape index (κ2) is 3.60. The van der Waals surface area contributed by atoms with Crippen LogP contribution in [-0.2, 0) is 0 Å². The second-order valence-corrected chi connectivity index (χ2v) is 3.43. The number of rotatable bonds is 1. The molecule has 0 radical (unpaired) electrons. The summed E-state index contributed by atoms with van der Waals surface area (Å²) in [4.78, 5) is 4.46. The SMILES string of the molecule is C[C@H]1CCN=C(c2ccccc2)N1. The number of hydrogen-bond acceptors (Lipinski definition) is 2. The maximum atomic E-state index is 4.46. The molecule has 2 heteroatoms. The lowest BCUT2D eigenvalue weighted by atomic mass is 10.1. The van der Waals surface area contributed by atoms with Crippen molar-refractivity contribution >= 4 is 5.84 Å². The highest BCUT2D eigenvalue weighted by Crippen LogP contribution is 2.06. The van der Waals surface area contributed by atoms with E-state index >= 15 is 0 Å². The lowest BCUT2D eigenvalue weighted by Gasteiger charge is -2.21. The van der Waals surface area contributed by atoms with Crippen molar-refractivity contribution in [1.82, 2.24) is 5.32 Å². The van der Waals surface area contributed by atoms with Gasteiger partial charge < -0.3 is 5.32 Å². The quantitative estimate of drug-likeness (QED) is 0.690. The van der Waals surface area contributed by atoms with Crippen LogP contribution in [0, 0.1) is 0 Å². The molecule has 2 rings (SSSR count). The molecular weight excluding hydrogens is 160 g/mol. The maximum Gasteiger partial charge on any atom is 0.128 e. The third-order valence-electron chi connectivity index (χ3n) is 2.26. The van der Waals surface area contributed by atoms with E-state index in [9.17, 15) is 0 Å². The van der Waals surface area contributed by atoms with Gasteiger partial charge in [-0.2, -0.15) is 0 Å². The molecule has 0 unspecified atom stereocenters. The number of aliphatic imine (C=N–C) groups is 1. The van der Waals surface area contributed by atoms with Gasteiger partial charge in [0, 0.05) is 18.2 Å². The van der Waals surface area contributed by atoms with Crippen LogP contribution in [0.5, 0.6) is 0 Å². The van der Waals surface area contributed by atoms with Crippen LogP contribution in [0.25, 0.3) is 0 Å². The van der Waals surface area contributed by atoms with E-state index in [1.54, 1.807) is 0 Å². The van der Waals surface area contributed by atoms with Gasteiger partial charge in [0.1, 0.15) is 5.84 Å². The zero-order valence-electron chi connectivity index (χ0n) is 7.83. The number of hydrogen-bond donors (Lipinski definition) is 1. The minimum Gasteiger partial charge on any atom is -0.367 e. The number of benzene rings is 1. The smallest absolute Gasteiger partial charge is 0.128 e. The lowest BCUT2D eigenvalue weighted by Crippen LogP contribution is -2.37. The fourth-order valence-electron chi connectivity index (χ4n) is 1.49. The van der Waals surface area contributed by atoms with Crippen molar-refractivity contribution in [3.05, 3.63) is 35.9 Å². The largest absolute Gasteiger partial charge is 0.367 e. The topological polar surface area (TPSA) is 24.4 Å². The highest BCUT2D eigenvalue weighted by Gasteiger charge is 2.11. The van der Waals surface area contributed by atoms with E-state index in [4.69, 9.17) is 0 Å². The predicted octanol–water partition coefficient (Wildman–Crippen LogP) is 1.81. The summed E-state index contributed by atoms with van der Waals surface area (Å²) in [7, 11) is 0. The molecule has 1 aromatic carbocycles. The number of nitrogens with zero attached hydrogens (tertiary/aromatic N) is 1. The molecule has 0 saturated carbocycles. The van der Waals surface area contributed by atoms with Gasteiger partial charge in [-0.25, -0.2) is 0 Å². The summed E-state index contributed by atoms with van der Waals surface area (Å²) >= 11 is 0. The van der Waals surface area contributed by atoms with Gasteiger partial charge in [-0.05, 0) is 13.3 Å². The van der Waals surface area contributed by atoms with Crippen LogP contribution in [0.1, 0.15) is 18.9 Å². The Morgan fingerprint density at radius 3 is 2.77 bits per heavy atom. The molecular formula is C11H14N2. The van der Waals surface area contributed by atoms with Crippen molar-refractivity contribution in [2.24, 2.45) is 4.99 Å². The molecule has 2 nitrogen and oxygen atoms in total. The summed E-state index contributed by atoms with van der Waals surface area (Å²) < 4.78 is 0. The Hall–Kier alpha value is -1.31. The second-order valence-electron chi connectivity index (χ2n) is 3.43. The van der Waals surface area contributed by atoms with Gasteiger partial charge >= 0.3 is 0 Å². The normalized spacial score (nSPS) is 21.9. The van der Waals surface area contributed by atoms with E-state index in [-0.39, 0.29) is 0 Å². The Balaban J connectivity index is 2.22. The maximum absolute atomic E-state index is 4.46. The van der Waals surface area contributed by atoms with Gasteiger partial charge in [0.25, 0.3) is 0 Å². The van der Waals surface area contributed by atoms with Crippen molar-refractivity contribution in [2.75, 3.05) is 6.54 Å². The van der Waals surface area contributed by atoms with Gasteiger partial charge in [-0.3, -0.25) is 4.99 Å². The van der Waals surface area contributed by atoms with Crippen molar-refractivity contribution in [1.29, 1.82) is 0 Å². The first-order chi connectivity index (χ1) is 6.36. The van der Waals surface area contributed by atoms with E-state index in [1.807, 2.05) is 18.2 Å². The molecule has 0 saturated heterocycles. The highest BCUT2D eigenvalue weighted by molar-refractivity contribution is 5.99. The van der Waals surface area contributed by atoms with Crippen LogP contribution >= 0.6 is 0 Å². The van der Waals surface area contributed by atoms with E-state index < -0.39 is 0 Å². The molecule has 0 amide bonds. The van der Waals surface area contributed by atoms with Gasteiger partial charge in [0.15, 0.2) is 0 Å². The molecule has 1 heterocycles. The lowest BCUT2D eigenvalue weighted by molar-refractivity contribution is 0.588. The van der Waals surface area contributed by atoms with Gasteiger partial charge in [-0.1, -0.05) is 30.3 Å². The molecule has 1 aromatic rings. The Morgan fingerprint density at radius 2 is 2.08 bits per heavy atom. The molecule has 1 N–H and O–H groups in total. The van der Waals surface area contributed by atoms with E-state index in [0.29, 0.717) is 6.04 Å². The van der Waals surface area contributed by atoms with E-state index in [1.165, 1.54) is 5.56 Å². The van der Waals surface area contributed by atoms with Crippen LogP contribution in [0.4, 0.5) is 0 Å². The summed E-state index contributed by atoms with van der Waals surface area (Å²) in [5, 5.41) is 3.38. The summed E-state index contributed by atoms with van der Waals surface area (Å²) in [6, 6.07) is 10.8. The Bertz CT molecular complexity index is 303.